The van der Waals surface area contributed by atoms with Gasteiger partial charge in [-0.25, -0.2) is 0 Å². The van der Waals surface area contributed by atoms with E-state index in [0.29, 0.717) is 24.7 Å². The van der Waals surface area contributed by atoms with Gasteiger partial charge in [-0.1, -0.05) is 12.1 Å². The van der Waals surface area contributed by atoms with Gasteiger partial charge in [-0.2, -0.15) is 0 Å². The SMILES string of the molecule is C[C@@H](NC[C@H](O)COc1ccc([N+](=O)[O-])cc1)[C@H]1COc2ccccc2O1. The van der Waals surface area contributed by atoms with E-state index in [1.165, 1.54) is 24.3 Å². The molecular formula is C19H22N2O6. The number of nitro benzene ring substituents is 1. The molecule has 0 fully saturated rings. The summed E-state index contributed by atoms with van der Waals surface area (Å²) in [5.74, 6) is 1.91. The maximum Gasteiger partial charge on any atom is 0.269 e. The van der Waals surface area contributed by atoms with Crippen LogP contribution in [0.25, 0.3) is 0 Å². The molecule has 27 heavy (non-hydrogen) atoms. The lowest BCUT2D eigenvalue weighted by Gasteiger charge is -2.31. The van der Waals surface area contributed by atoms with E-state index in [0.717, 1.165) is 5.75 Å². The molecule has 2 aromatic rings. The van der Waals surface area contributed by atoms with Gasteiger partial charge in [-0.15, -0.1) is 0 Å². The molecular weight excluding hydrogens is 352 g/mol. The molecule has 3 rings (SSSR count). The monoisotopic (exact) mass is 374 g/mol. The molecule has 1 aliphatic heterocycles. The van der Waals surface area contributed by atoms with E-state index in [-0.39, 0.29) is 24.4 Å². The smallest absolute Gasteiger partial charge is 0.269 e. The topological polar surface area (TPSA) is 103 Å². The predicted octanol–water partition coefficient (Wildman–Crippen LogP) is 2.15. The maximum atomic E-state index is 10.6. The van der Waals surface area contributed by atoms with Crippen molar-refractivity contribution in [3.63, 3.8) is 0 Å². The van der Waals surface area contributed by atoms with E-state index < -0.39 is 11.0 Å². The van der Waals surface area contributed by atoms with Crippen LogP contribution in [0, 0.1) is 10.1 Å². The second kappa shape index (κ2) is 8.70. The van der Waals surface area contributed by atoms with Crippen LogP contribution in [0.2, 0.25) is 0 Å². The molecule has 8 heteroatoms. The number of rotatable bonds is 8. The van der Waals surface area contributed by atoms with Crippen LogP contribution in [0.1, 0.15) is 6.92 Å². The predicted molar refractivity (Wildman–Crippen MR) is 98.4 cm³/mol. The Balaban J connectivity index is 1.41. The Morgan fingerprint density at radius 2 is 1.96 bits per heavy atom. The normalized spacial score (nSPS) is 17.8. The van der Waals surface area contributed by atoms with E-state index in [1.807, 2.05) is 31.2 Å². The van der Waals surface area contributed by atoms with Crippen LogP contribution < -0.4 is 19.5 Å². The largest absolute Gasteiger partial charge is 0.491 e. The first-order valence-electron chi connectivity index (χ1n) is 8.70. The van der Waals surface area contributed by atoms with Crippen LogP contribution in [0.4, 0.5) is 5.69 Å². The lowest BCUT2D eigenvalue weighted by molar-refractivity contribution is -0.384. The van der Waals surface area contributed by atoms with Crippen molar-refractivity contribution in [3.8, 4) is 17.2 Å². The number of aliphatic hydroxyl groups excluding tert-OH is 1. The van der Waals surface area contributed by atoms with Crippen molar-refractivity contribution in [3.05, 3.63) is 58.6 Å². The number of aliphatic hydroxyl groups is 1. The molecule has 0 bridgehead atoms. The molecule has 8 nitrogen and oxygen atoms in total. The van der Waals surface area contributed by atoms with Crippen LogP contribution in [-0.4, -0.2) is 48.0 Å². The Hall–Kier alpha value is -2.84. The summed E-state index contributed by atoms with van der Waals surface area (Å²) in [7, 11) is 0. The summed E-state index contributed by atoms with van der Waals surface area (Å²) in [5.41, 5.74) is -0.00494. The Morgan fingerprint density at radius 1 is 1.26 bits per heavy atom. The van der Waals surface area contributed by atoms with Gasteiger partial charge in [0.1, 0.15) is 31.2 Å². The summed E-state index contributed by atoms with van der Waals surface area (Å²) in [4.78, 5) is 10.2. The van der Waals surface area contributed by atoms with Gasteiger partial charge in [0.15, 0.2) is 11.5 Å². The highest BCUT2D eigenvalue weighted by Crippen LogP contribution is 2.31. The first-order chi connectivity index (χ1) is 13.0. The van der Waals surface area contributed by atoms with Crippen molar-refractivity contribution in [2.45, 2.75) is 25.2 Å². The third-order valence-electron chi connectivity index (χ3n) is 4.25. The highest BCUT2D eigenvalue weighted by atomic mass is 16.6. The molecule has 0 amide bonds. The van der Waals surface area contributed by atoms with Crippen LogP contribution in [0.5, 0.6) is 17.2 Å². The molecule has 3 atom stereocenters. The van der Waals surface area contributed by atoms with Gasteiger partial charge in [0.25, 0.3) is 5.69 Å². The zero-order chi connectivity index (χ0) is 19.2. The molecule has 0 saturated carbocycles. The van der Waals surface area contributed by atoms with Crippen molar-refractivity contribution in [2.75, 3.05) is 19.8 Å². The number of nitrogens with zero attached hydrogens (tertiary/aromatic N) is 1. The zero-order valence-electron chi connectivity index (χ0n) is 14.9. The fourth-order valence-electron chi connectivity index (χ4n) is 2.65. The van der Waals surface area contributed by atoms with Crippen LogP contribution in [0.15, 0.2) is 48.5 Å². The van der Waals surface area contributed by atoms with E-state index in [4.69, 9.17) is 14.2 Å². The summed E-state index contributed by atoms with van der Waals surface area (Å²) < 4.78 is 17.1. The number of non-ortho nitro benzene ring substituents is 1. The Labute approximate surface area is 156 Å². The standard InChI is InChI=1S/C19H22N2O6/c1-13(19-12-26-17-4-2-3-5-18(17)27-19)20-10-15(22)11-25-16-8-6-14(7-9-16)21(23)24/h2-9,13,15,19-20,22H,10-12H2,1H3/t13-,15+,19-/m1/s1. The summed E-state index contributed by atoms with van der Waals surface area (Å²) in [6.45, 7) is 2.78. The fourth-order valence-corrected chi connectivity index (χ4v) is 2.65. The van der Waals surface area contributed by atoms with Crippen molar-refractivity contribution < 1.29 is 24.2 Å². The lowest BCUT2D eigenvalue weighted by Crippen LogP contribution is -2.48. The van der Waals surface area contributed by atoms with E-state index in [1.54, 1.807) is 0 Å². The average Bonchev–Trinajstić information content (AvgIpc) is 2.70. The second-order valence-corrected chi connectivity index (χ2v) is 6.33. The average molecular weight is 374 g/mol. The number of hydrogen-bond acceptors (Lipinski definition) is 7. The third-order valence-corrected chi connectivity index (χ3v) is 4.25. The van der Waals surface area contributed by atoms with E-state index in [2.05, 4.69) is 5.32 Å². The molecule has 1 aliphatic rings. The van der Waals surface area contributed by atoms with Crippen molar-refractivity contribution >= 4 is 5.69 Å². The molecule has 144 valence electrons. The van der Waals surface area contributed by atoms with Crippen molar-refractivity contribution in [2.24, 2.45) is 0 Å². The van der Waals surface area contributed by atoms with Crippen LogP contribution in [-0.2, 0) is 0 Å². The number of para-hydroxylation sites is 2. The third kappa shape index (κ3) is 5.08. The van der Waals surface area contributed by atoms with E-state index in [9.17, 15) is 15.2 Å². The Morgan fingerprint density at radius 3 is 2.67 bits per heavy atom. The highest BCUT2D eigenvalue weighted by molar-refractivity contribution is 5.40. The molecule has 0 unspecified atom stereocenters. The van der Waals surface area contributed by atoms with Gasteiger partial charge in [-0.3, -0.25) is 10.1 Å². The number of hydrogen-bond donors (Lipinski definition) is 2. The molecule has 0 aromatic heterocycles. The highest BCUT2D eigenvalue weighted by Gasteiger charge is 2.26. The molecule has 0 aliphatic carbocycles. The van der Waals surface area contributed by atoms with Gasteiger partial charge in [0.2, 0.25) is 0 Å². The summed E-state index contributed by atoms with van der Waals surface area (Å²) in [6, 6.07) is 13.2. The quantitative estimate of drug-likeness (QED) is 0.539. The Bertz CT molecular complexity index is 767. The minimum Gasteiger partial charge on any atom is -0.491 e. The van der Waals surface area contributed by atoms with Crippen molar-refractivity contribution in [1.29, 1.82) is 0 Å². The number of nitro groups is 1. The minimum absolute atomic E-state index is 0.00494. The first kappa shape index (κ1) is 18.9. The summed E-state index contributed by atoms with van der Waals surface area (Å²) in [5, 5.41) is 23.9. The van der Waals surface area contributed by atoms with Gasteiger partial charge in [-0.05, 0) is 31.2 Å². The molecule has 0 radical (unpaired) electrons. The lowest BCUT2D eigenvalue weighted by atomic mass is 10.1. The van der Waals surface area contributed by atoms with Gasteiger partial charge in [0.05, 0.1) is 4.92 Å². The molecule has 2 N–H and O–H groups in total. The number of benzene rings is 2. The first-order valence-corrected chi connectivity index (χ1v) is 8.70. The fraction of sp³-hybridized carbons (Fsp3) is 0.368. The van der Waals surface area contributed by atoms with Gasteiger partial charge < -0.3 is 24.6 Å². The minimum atomic E-state index is -0.737. The summed E-state index contributed by atoms with van der Waals surface area (Å²) in [6.07, 6.45) is -0.901. The van der Waals surface area contributed by atoms with Crippen LogP contribution >= 0.6 is 0 Å². The van der Waals surface area contributed by atoms with E-state index >= 15 is 0 Å². The van der Waals surface area contributed by atoms with Gasteiger partial charge in [0, 0.05) is 24.7 Å². The molecule has 0 spiro atoms. The maximum absolute atomic E-state index is 10.6. The molecule has 1 heterocycles. The second-order valence-electron chi connectivity index (χ2n) is 6.33. The molecule has 2 aromatic carbocycles. The number of nitrogens with one attached hydrogen (secondary N) is 1. The van der Waals surface area contributed by atoms with Crippen LogP contribution in [0.3, 0.4) is 0 Å². The number of fused-ring (bicyclic) bond motifs is 1. The zero-order valence-corrected chi connectivity index (χ0v) is 14.9. The van der Waals surface area contributed by atoms with Crippen molar-refractivity contribution in [1.82, 2.24) is 5.32 Å². The number of ether oxygens (including phenoxy) is 3. The molecule has 0 saturated heterocycles. The Kier molecular flexibility index (Phi) is 6.10. The van der Waals surface area contributed by atoms with Gasteiger partial charge >= 0.3 is 0 Å². The summed E-state index contributed by atoms with van der Waals surface area (Å²) >= 11 is 0.